The molecule has 2 amide bonds. The van der Waals surface area contributed by atoms with Gasteiger partial charge in [-0.2, -0.15) is 0 Å². The summed E-state index contributed by atoms with van der Waals surface area (Å²) in [6.07, 6.45) is 1.14. The first-order chi connectivity index (χ1) is 18.4. The Labute approximate surface area is 234 Å². The molecule has 0 aliphatic carbocycles. The van der Waals surface area contributed by atoms with Crippen molar-refractivity contribution >= 4 is 39.1 Å². The van der Waals surface area contributed by atoms with Crippen molar-refractivity contribution in [1.29, 1.82) is 0 Å². The molecule has 0 aliphatic rings. The number of carbonyl (C=O) groups is 2. The molecule has 1 atom stereocenters. The van der Waals surface area contributed by atoms with Crippen LogP contribution in [0.3, 0.4) is 0 Å². The zero-order valence-electron chi connectivity index (χ0n) is 22.4. The summed E-state index contributed by atoms with van der Waals surface area (Å²) in [5.74, 6) is -1.63. The maximum atomic E-state index is 14.8. The summed E-state index contributed by atoms with van der Waals surface area (Å²) in [7, 11) is -3.93. The van der Waals surface area contributed by atoms with Crippen LogP contribution in [0.4, 0.5) is 10.1 Å². The van der Waals surface area contributed by atoms with E-state index in [1.807, 2.05) is 30.3 Å². The van der Waals surface area contributed by atoms with E-state index in [-0.39, 0.29) is 30.3 Å². The highest BCUT2D eigenvalue weighted by Crippen LogP contribution is 2.26. The van der Waals surface area contributed by atoms with Gasteiger partial charge in [0, 0.05) is 29.6 Å². The number of hydrogen-bond acceptors (Lipinski definition) is 4. The minimum absolute atomic E-state index is 0.148. The van der Waals surface area contributed by atoms with Gasteiger partial charge in [0.1, 0.15) is 18.4 Å². The summed E-state index contributed by atoms with van der Waals surface area (Å²) in [6.45, 7) is 4.54. The van der Waals surface area contributed by atoms with Gasteiger partial charge in [0.2, 0.25) is 21.8 Å². The second kappa shape index (κ2) is 13.1. The van der Waals surface area contributed by atoms with E-state index in [1.54, 1.807) is 39.0 Å². The van der Waals surface area contributed by atoms with E-state index in [2.05, 4.69) is 5.32 Å². The van der Waals surface area contributed by atoms with Gasteiger partial charge in [0.25, 0.3) is 0 Å². The highest BCUT2D eigenvalue weighted by molar-refractivity contribution is 7.92. The van der Waals surface area contributed by atoms with Crippen molar-refractivity contribution in [2.75, 3.05) is 17.1 Å². The molecule has 10 heteroatoms. The summed E-state index contributed by atoms with van der Waals surface area (Å²) < 4.78 is 41.3. The fourth-order valence-corrected chi connectivity index (χ4v) is 5.11. The molecule has 0 fully saturated rings. The van der Waals surface area contributed by atoms with Crippen molar-refractivity contribution in [3.8, 4) is 0 Å². The molecular formula is C29H33ClFN3O4S. The van der Waals surface area contributed by atoms with E-state index in [9.17, 15) is 22.4 Å². The fourth-order valence-electron chi connectivity index (χ4n) is 4.10. The zero-order chi connectivity index (χ0) is 28.7. The molecule has 208 valence electrons. The van der Waals surface area contributed by atoms with Gasteiger partial charge in [-0.05, 0) is 50.1 Å². The molecule has 3 aromatic rings. The molecule has 7 nitrogen and oxygen atoms in total. The van der Waals surface area contributed by atoms with Gasteiger partial charge in [-0.1, -0.05) is 66.2 Å². The number of anilines is 1. The van der Waals surface area contributed by atoms with Gasteiger partial charge >= 0.3 is 0 Å². The minimum atomic E-state index is -3.93. The monoisotopic (exact) mass is 573 g/mol. The largest absolute Gasteiger partial charge is 0.352 e. The zero-order valence-corrected chi connectivity index (χ0v) is 24.0. The Balaban J connectivity index is 2.08. The van der Waals surface area contributed by atoms with Crippen molar-refractivity contribution in [2.24, 2.45) is 0 Å². The molecule has 3 aromatic carbocycles. The first kappa shape index (κ1) is 30.1. The van der Waals surface area contributed by atoms with Gasteiger partial charge in [-0.25, -0.2) is 12.8 Å². The Morgan fingerprint density at radius 3 is 2.23 bits per heavy atom. The smallest absolute Gasteiger partial charge is 0.244 e. The Kier molecular flexibility index (Phi) is 10.1. The lowest BCUT2D eigenvalue weighted by Crippen LogP contribution is -2.54. The van der Waals surface area contributed by atoms with Crippen LogP contribution < -0.4 is 9.62 Å². The van der Waals surface area contributed by atoms with Crippen molar-refractivity contribution in [3.63, 3.8) is 0 Å². The number of amides is 2. The Morgan fingerprint density at radius 1 is 1.00 bits per heavy atom. The molecule has 0 saturated carbocycles. The number of hydrogen-bond donors (Lipinski definition) is 1. The number of benzene rings is 3. The highest BCUT2D eigenvalue weighted by Gasteiger charge is 2.33. The molecule has 0 spiro atoms. The fraction of sp³-hybridized carbons (Fsp3) is 0.310. The Hall–Kier alpha value is -3.43. The summed E-state index contributed by atoms with van der Waals surface area (Å²) >= 11 is 6.25. The summed E-state index contributed by atoms with van der Waals surface area (Å²) in [6, 6.07) is 18.6. The van der Waals surface area contributed by atoms with Crippen LogP contribution in [0.1, 0.15) is 30.5 Å². The second-order valence-corrected chi connectivity index (χ2v) is 12.0. The normalized spacial score (nSPS) is 12.2. The predicted molar refractivity (Wildman–Crippen MR) is 153 cm³/mol. The number of sulfonamides is 1. The van der Waals surface area contributed by atoms with Crippen molar-refractivity contribution in [2.45, 2.75) is 45.8 Å². The number of nitrogens with one attached hydrogen (secondary N) is 1. The van der Waals surface area contributed by atoms with Gasteiger partial charge in [0.15, 0.2) is 0 Å². The molecule has 3 rings (SSSR count). The van der Waals surface area contributed by atoms with Crippen LogP contribution in [-0.2, 0) is 32.6 Å². The topological polar surface area (TPSA) is 86.8 Å². The summed E-state index contributed by atoms with van der Waals surface area (Å²) in [5.41, 5.74) is 1.94. The maximum Gasteiger partial charge on any atom is 0.244 e. The Morgan fingerprint density at radius 2 is 1.64 bits per heavy atom. The lowest BCUT2D eigenvalue weighted by Gasteiger charge is -2.34. The number of halogens is 2. The van der Waals surface area contributed by atoms with Crippen molar-refractivity contribution in [1.82, 2.24) is 10.2 Å². The summed E-state index contributed by atoms with van der Waals surface area (Å²) in [4.78, 5) is 28.7. The van der Waals surface area contributed by atoms with Crippen LogP contribution in [0.2, 0.25) is 5.02 Å². The molecule has 0 radical (unpaired) electrons. The first-order valence-corrected chi connectivity index (χ1v) is 14.7. The van der Waals surface area contributed by atoms with E-state index >= 15 is 0 Å². The van der Waals surface area contributed by atoms with Crippen LogP contribution in [-0.4, -0.2) is 50.0 Å². The third-order valence-corrected chi connectivity index (χ3v) is 7.67. The van der Waals surface area contributed by atoms with E-state index < -0.39 is 40.2 Å². The second-order valence-electron chi connectivity index (χ2n) is 9.68. The lowest BCUT2D eigenvalue weighted by atomic mass is 10.0. The molecule has 0 unspecified atom stereocenters. The Bertz CT molecular complexity index is 1420. The predicted octanol–water partition coefficient (Wildman–Crippen LogP) is 4.72. The molecule has 0 aromatic heterocycles. The third kappa shape index (κ3) is 8.28. The number of carbonyl (C=O) groups excluding carboxylic acids is 2. The maximum absolute atomic E-state index is 14.8. The van der Waals surface area contributed by atoms with E-state index in [0.29, 0.717) is 5.02 Å². The number of rotatable bonds is 11. The quantitative estimate of drug-likeness (QED) is 0.360. The van der Waals surface area contributed by atoms with Gasteiger partial charge in [-0.15, -0.1) is 0 Å². The number of aryl methyl sites for hydroxylation is 1. The first-order valence-electron chi connectivity index (χ1n) is 12.5. The standard InChI is InChI=1S/C29H33ClFN3O4S/c1-20(2)32-29(36)27(16-22-10-6-5-7-11-22)33(18-23-12-8-9-13-26(23)31)28(35)19-34(39(4,37)38)24-15-14-21(3)25(30)17-24/h5-15,17,20,27H,16,18-19H2,1-4H3,(H,32,36)/t27-/m1/s1. The molecular weight excluding hydrogens is 541 g/mol. The van der Waals surface area contributed by atoms with Gasteiger partial charge in [-0.3, -0.25) is 13.9 Å². The average molecular weight is 574 g/mol. The SMILES string of the molecule is Cc1ccc(N(CC(=O)N(Cc2ccccc2F)[C@H](Cc2ccccc2)C(=O)NC(C)C)S(C)(=O)=O)cc1Cl. The highest BCUT2D eigenvalue weighted by atomic mass is 35.5. The number of nitrogens with zero attached hydrogens (tertiary/aromatic N) is 2. The van der Waals surface area contributed by atoms with Crippen molar-refractivity contribution in [3.05, 3.63) is 100 Å². The van der Waals surface area contributed by atoms with Gasteiger partial charge in [0.05, 0.1) is 11.9 Å². The molecule has 39 heavy (non-hydrogen) atoms. The molecule has 1 N–H and O–H groups in total. The third-order valence-electron chi connectivity index (χ3n) is 6.12. The average Bonchev–Trinajstić information content (AvgIpc) is 2.87. The molecule has 0 saturated heterocycles. The van der Waals surface area contributed by atoms with Crippen LogP contribution >= 0.6 is 11.6 Å². The van der Waals surface area contributed by atoms with Crippen LogP contribution in [0, 0.1) is 12.7 Å². The summed E-state index contributed by atoms with van der Waals surface area (Å²) in [5, 5.41) is 3.19. The van der Waals surface area contributed by atoms with Crippen molar-refractivity contribution < 1.29 is 22.4 Å². The van der Waals surface area contributed by atoms with Gasteiger partial charge < -0.3 is 10.2 Å². The van der Waals surface area contributed by atoms with E-state index in [0.717, 1.165) is 21.7 Å². The molecule has 0 aliphatic heterocycles. The molecule has 0 bridgehead atoms. The molecule has 0 heterocycles. The van der Waals surface area contributed by atoms with Crippen LogP contribution in [0.15, 0.2) is 72.8 Å². The van der Waals surface area contributed by atoms with Crippen LogP contribution in [0.25, 0.3) is 0 Å². The van der Waals surface area contributed by atoms with E-state index in [4.69, 9.17) is 11.6 Å². The van der Waals surface area contributed by atoms with Crippen LogP contribution in [0.5, 0.6) is 0 Å². The van der Waals surface area contributed by atoms with E-state index in [1.165, 1.54) is 29.2 Å². The minimum Gasteiger partial charge on any atom is -0.352 e. The lowest BCUT2D eigenvalue weighted by molar-refractivity contribution is -0.140.